The van der Waals surface area contributed by atoms with Crippen LogP contribution in [0.5, 0.6) is 5.75 Å². The molecule has 0 saturated heterocycles. The number of nitrogens with zero attached hydrogens (tertiary/aromatic N) is 1. The molecule has 0 aliphatic carbocycles. The predicted molar refractivity (Wildman–Crippen MR) is 116 cm³/mol. The lowest BCUT2D eigenvalue weighted by Crippen LogP contribution is -2.28. The minimum Gasteiger partial charge on any atom is -0.508 e. The average Bonchev–Trinajstić information content (AvgIpc) is 2.83. The molecule has 1 heterocycles. The van der Waals surface area contributed by atoms with Gasteiger partial charge >= 0.3 is 17.9 Å². The van der Waals surface area contributed by atoms with Crippen molar-refractivity contribution in [1.82, 2.24) is 0 Å². The topological polar surface area (TPSA) is 102 Å². The molecule has 2 aromatic rings. The van der Waals surface area contributed by atoms with Crippen LogP contribution in [0.15, 0.2) is 72.1 Å². The second-order valence-electron chi connectivity index (χ2n) is 6.85. The van der Waals surface area contributed by atoms with Gasteiger partial charge in [-0.2, -0.15) is 0 Å². The standard InChI is InChI=1S/C24H23NO7/c1-4-32-22(27)16-5-9-17(10-6-16)25-13-19(23(28)30-2)21(20(14-25)24(29)31-3)15-7-11-18(26)12-8-15/h5-14,21,26H,4H2,1-3H3. The van der Waals surface area contributed by atoms with E-state index in [2.05, 4.69) is 0 Å². The van der Waals surface area contributed by atoms with Crippen molar-refractivity contribution in [2.24, 2.45) is 0 Å². The monoisotopic (exact) mass is 437 g/mol. The van der Waals surface area contributed by atoms with Gasteiger partial charge in [0.1, 0.15) is 5.75 Å². The van der Waals surface area contributed by atoms with Crippen molar-refractivity contribution in [2.75, 3.05) is 25.7 Å². The molecule has 0 atom stereocenters. The zero-order valence-corrected chi connectivity index (χ0v) is 17.9. The number of aromatic hydroxyl groups is 1. The maximum atomic E-state index is 12.7. The lowest BCUT2D eigenvalue weighted by Gasteiger charge is -2.30. The minimum atomic E-state index is -0.759. The van der Waals surface area contributed by atoms with Crippen LogP contribution in [-0.2, 0) is 23.8 Å². The highest BCUT2D eigenvalue weighted by molar-refractivity contribution is 6.00. The number of phenols is 1. The molecule has 0 spiro atoms. The molecule has 1 N–H and O–H groups in total. The van der Waals surface area contributed by atoms with Gasteiger partial charge in [0.05, 0.1) is 43.5 Å². The summed E-state index contributed by atoms with van der Waals surface area (Å²) in [6.45, 7) is 1.99. The third kappa shape index (κ3) is 4.64. The fourth-order valence-electron chi connectivity index (χ4n) is 3.39. The molecule has 0 amide bonds. The smallest absolute Gasteiger partial charge is 0.338 e. The van der Waals surface area contributed by atoms with Crippen molar-refractivity contribution in [3.05, 3.63) is 83.2 Å². The molecule has 0 fully saturated rings. The fourth-order valence-corrected chi connectivity index (χ4v) is 3.39. The first-order chi connectivity index (χ1) is 15.4. The Bertz CT molecular complexity index is 1030. The maximum Gasteiger partial charge on any atom is 0.338 e. The van der Waals surface area contributed by atoms with E-state index in [0.29, 0.717) is 16.8 Å². The number of hydrogen-bond donors (Lipinski definition) is 1. The number of ether oxygens (including phenoxy) is 3. The van der Waals surface area contributed by atoms with Crippen LogP contribution in [0.2, 0.25) is 0 Å². The molecule has 0 radical (unpaired) electrons. The Morgan fingerprint density at radius 3 is 1.84 bits per heavy atom. The number of methoxy groups -OCH3 is 2. The van der Waals surface area contributed by atoms with Crippen LogP contribution in [-0.4, -0.2) is 43.8 Å². The van der Waals surface area contributed by atoms with Crippen molar-refractivity contribution in [1.29, 1.82) is 0 Å². The third-order valence-electron chi connectivity index (χ3n) is 4.92. The first kappa shape index (κ1) is 22.6. The zero-order chi connectivity index (χ0) is 23.3. The molecule has 8 nitrogen and oxygen atoms in total. The van der Waals surface area contributed by atoms with E-state index in [4.69, 9.17) is 14.2 Å². The van der Waals surface area contributed by atoms with Gasteiger partial charge in [-0.15, -0.1) is 0 Å². The SMILES string of the molecule is CCOC(=O)c1ccc(N2C=C(C(=O)OC)C(c3ccc(O)cc3)C(C(=O)OC)=C2)cc1. The van der Waals surface area contributed by atoms with E-state index >= 15 is 0 Å². The first-order valence-corrected chi connectivity index (χ1v) is 9.84. The minimum absolute atomic E-state index is 0.0556. The van der Waals surface area contributed by atoms with Crippen LogP contribution in [0, 0.1) is 0 Å². The Morgan fingerprint density at radius 1 is 0.844 bits per heavy atom. The maximum absolute atomic E-state index is 12.7. The van der Waals surface area contributed by atoms with E-state index in [1.54, 1.807) is 60.6 Å². The van der Waals surface area contributed by atoms with Crippen LogP contribution in [0.25, 0.3) is 0 Å². The van der Waals surface area contributed by atoms with Crippen molar-refractivity contribution >= 4 is 23.6 Å². The molecule has 1 aliphatic heterocycles. The quantitative estimate of drug-likeness (QED) is 0.543. The van der Waals surface area contributed by atoms with E-state index in [9.17, 15) is 19.5 Å². The number of hydrogen-bond acceptors (Lipinski definition) is 8. The summed E-state index contributed by atoms with van der Waals surface area (Å²) in [5, 5.41) is 9.63. The molecular weight excluding hydrogens is 414 g/mol. The third-order valence-corrected chi connectivity index (χ3v) is 4.92. The first-order valence-electron chi connectivity index (χ1n) is 9.84. The number of carbonyl (C=O) groups is 3. The Labute approximate surface area is 185 Å². The summed E-state index contributed by atoms with van der Waals surface area (Å²) in [6, 6.07) is 12.7. The second-order valence-corrected chi connectivity index (χ2v) is 6.85. The van der Waals surface area contributed by atoms with E-state index in [1.807, 2.05) is 0 Å². The van der Waals surface area contributed by atoms with Crippen LogP contribution in [0.4, 0.5) is 5.69 Å². The Hall–Kier alpha value is -4.07. The molecule has 3 rings (SSSR count). The molecular formula is C24H23NO7. The van der Waals surface area contributed by atoms with Gasteiger partial charge in [-0.05, 0) is 48.9 Å². The number of phenolic OH excluding ortho intramolecular Hbond substituents is 1. The molecule has 166 valence electrons. The highest BCUT2D eigenvalue weighted by Crippen LogP contribution is 2.38. The van der Waals surface area contributed by atoms with Gasteiger partial charge in [0.2, 0.25) is 0 Å². The van der Waals surface area contributed by atoms with E-state index < -0.39 is 23.8 Å². The highest BCUT2D eigenvalue weighted by Gasteiger charge is 2.35. The van der Waals surface area contributed by atoms with E-state index in [0.717, 1.165) is 0 Å². The number of anilines is 1. The summed E-state index contributed by atoms with van der Waals surface area (Å²) in [6.07, 6.45) is 3.13. The van der Waals surface area contributed by atoms with Crippen LogP contribution >= 0.6 is 0 Å². The largest absolute Gasteiger partial charge is 0.508 e. The van der Waals surface area contributed by atoms with Crippen LogP contribution in [0.3, 0.4) is 0 Å². The Kier molecular flexibility index (Phi) is 6.94. The van der Waals surface area contributed by atoms with Gasteiger partial charge in [0, 0.05) is 18.1 Å². The lowest BCUT2D eigenvalue weighted by molar-refractivity contribution is -0.137. The number of benzene rings is 2. The number of rotatable bonds is 6. The van der Waals surface area contributed by atoms with Crippen molar-refractivity contribution < 1.29 is 33.7 Å². The van der Waals surface area contributed by atoms with Gasteiger partial charge < -0.3 is 24.2 Å². The molecule has 1 aliphatic rings. The predicted octanol–water partition coefficient (Wildman–Crippen LogP) is 3.29. The molecule has 8 heteroatoms. The van der Waals surface area contributed by atoms with Crippen LogP contribution < -0.4 is 4.90 Å². The van der Waals surface area contributed by atoms with Crippen LogP contribution in [0.1, 0.15) is 28.8 Å². The summed E-state index contributed by atoms with van der Waals surface area (Å²) in [7, 11) is 2.51. The zero-order valence-electron chi connectivity index (χ0n) is 17.9. The Balaban J connectivity index is 2.08. The van der Waals surface area contributed by atoms with Gasteiger partial charge in [0.25, 0.3) is 0 Å². The summed E-state index contributed by atoms with van der Waals surface area (Å²) in [5.41, 5.74) is 1.99. The summed E-state index contributed by atoms with van der Waals surface area (Å²) >= 11 is 0. The summed E-state index contributed by atoms with van der Waals surface area (Å²) in [5.74, 6) is -2.39. The molecule has 0 unspecified atom stereocenters. The van der Waals surface area contributed by atoms with Gasteiger partial charge in [-0.1, -0.05) is 12.1 Å². The second kappa shape index (κ2) is 9.82. The normalized spacial score (nSPS) is 13.7. The Morgan fingerprint density at radius 2 is 1.38 bits per heavy atom. The molecule has 0 saturated carbocycles. The van der Waals surface area contributed by atoms with Gasteiger partial charge in [-0.3, -0.25) is 0 Å². The molecule has 0 bridgehead atoms. The number of esters is 3. The summed E-state index contributed by atoms with van der Waals surface area (Å²) in [4.78, 5) is 38.8. The van der Waals surface area contributed by atoms with Crippen molar-refractivity contribution in [2.45, 2.75) is 12.8 Å². The fraction of sp³-hybridized carbons (Fsp3) is 0.208. The average molecular weight is 437 g/mol. The van der Waals surface area contributed by atoms with Crippen molar-refractivity contribution in [3.8, 4) is 5.75 Å². The lowest BCUT2D eigenvalue weighted by atomic mass is 9.83. The van der Waals surface area contributed by atoms with Crippen molar-refractivity contribution in [3.63, 3.8) is 0 Å². The molecule has 2 aromatic carbocycles. The highest BCUT2D eigenvalue weighted by atomic mass is 16.5. The summed E-state index contributed by atoms with van der Waals surface area (Å²) < 4.78 is 14.9. The molecule has 0 aromatic heterocycles. The van der Waals surface area contributed by atoms with Gasteiger partial charge in [0.15, 0.2) is 0 Å². The molecule has 32 heavy (non-hydrogen) atoms. The van der Waals surface area contributed by atoms with Gasteiger partial charge in [-0.25, -0.2) is 14.4 Å². The van der Waals surface area contributed by atoms with E-state index in [-0.39, 0.29) is 23.5 Å². The van der Waals surface area contributed by atoms with E-state index in [1.165, 1.54) is 26.4 Å². The number of carbonyl (C=O) groups excluding carboxylic acids is 3.